The van der Waals surface area contributed by atoms with Gasteiger partial charge in [-0.2, -0.15) is 0 Å². The van der Waals surface area contributed by atoms with Crippen LogP contribution in [0.5, 0.6) is 0 Å². The number of nitrogens with two attached hydrogens (primary N) is 1. The van der Waals surface area contributed by atoms with Crippen molar-refractivity contribution in [2.45, 2.75) is 11.9 Å². The van der Waals surface area contributed by atoms with Gasteiger partial charge >= 0.3 is 0 Å². The van der Waals surface area contributed by atoms with Gasteiger partial charge in [-0.25, -0.2) is 0 Å². The van der Waals surface area contributed by atoms with Crippen molar-refractivity contribution in [2.24, 2.45) is 0 Å². The lowest BCUT2D eigenvalue weighted by Gasteiger charge is -1.94. The number of aromatic nitrogens is 2. The number of thioether (sulfide) groups is 1. The first-order valence-corrected chi connectivity index (χ1v) is 4.03. The van der Waals surface area contributed by atoms with Crippen LogP contribution in [0.1, 0.15) is 6.92 Å². The van der Waals surface area contributed by atoms with Crippen molar-refractivity contribution in [2.75, 3.05) is 11.5 Å². The molecular weight excluding hydrogens is 146 g/mol. The number of rotatable bonds is 2. The average Bonchev–Trinajstić information content (AvgIpc) is 1.95. The van der Waals surface area contributed by atoms with Gasteiger partial charge in [0.2, 0.25) is 0 Å². The van der Waals surface area contributed by atoms with Crippen LogP contribution in [0.4, 0.5) is 5.82 Å². The van der Waals surface area contributed by atoms with E-state index in [1.165, 1.54) is 0 Å². The van der Waals surface area contributed by atoms with Crippen LogP contribution in [0, 0.1) is 0 Å². The van der Waals surface area contributed by atoms with E-state index in [2.05, 4.69) is 17.1 Å². The van der Waals surface area contributed by atoms with Crippen molar-refractivity contribution in [3.8, 4) is 0 Å². The molecule has 0 bridgehead atoms. The van der Waals surface area contributed by atoms with Crippen molar-refractivity contribution >= 4 is 17.6 Å². The molecule has 0 saturated heterocycles. The van der Waals surface area contributed by atoms with Crippen LogP contribution in [-0.4, -0.2) is 16.0 Å². The summed E-state index contributed by atoms with van der Waals surface area (Å²) in [7, 11) is 0. The molecule has 4 heteroatoms. The van der Waals surface area contributed by atoms with Gasteiger partial charge < -0.3 is 5.73 Å². The van der Waals surface area contributed by atoms with E-state index in [0.717, 1.165) is 10.8 Å². The van der Waals surface area contributed by atoms with Gasteiger partial charge in [0.25, 0.3) is 0 Å². The molecule has 1 rings (SSSR count). The summed E-state index contributed by atoms with van der Waals surface area (Å²) in [5.41, 5.74) is 5.34. The van der Waals surface area contributed by atoms with Crippen LogP contribution in [-0.2, 0) is 0 Å². The Balaban J connectivity index is 2.69. The van der Waals surface area contributed by atoms with Gasteiger partial charge in [0.1, 0.15) is 10.8 Å². The Morgan fingerprint density at radius 1 is 1.50 bits per heavy atom. The Kier molecular flexibility index (Phi) is 2.50. The number of hydrogen-bond donors (Lipinski definition) is 1. The van der Waals surface area contributed by atoms with Crippen molar-refractivity contribution in [1.29, 1.82) is 0 Å². The van der Waals surface area contributed by atoms with Gasteiger partial charge in [0.05, 0.1) is 0 Å². The molecule has 0 amide bonds. The second-order valence-corrected chi connectivity index (χ2v) is 3.01. The Labute approximate surface area is 64.0 Å². The lowest BCUT2D eigenvalue weighted by Crippen LogP contribution is -1.92. The normalized spacial score (nSPS) is 9.70. The third kappa shape index (κ3) is 1.88. The zero-order valence-electron chi connectivity index (χ0n) is 5.74. The molecule has 54 valence electrons. The van der Waals surface area contributed by atoms with E-state index in [1.807, 2.05) is 6.07 Å². The maximum atomic E-state index is 5.34. The first-order chi connectivity index (χ1) is 4.83. The molecular formula is C6H9N3S. The molecule has 0 spiro atoms. The summed E-state index contributed by atoms with van der Waals surface area (Å²) in [4.78, 5) is 0. The largest absolute Gasteiger partial charge is 0.382 e. The third-order valence-electron chi connectivity index (χ3n) is 0.953. The Morgan fingerprint density at radius 2 is 2.30 bits per heavy atom. The summed E-state index contributed by atoms with van der Waals surface area (Å²) in [6, 6.07) is 3.63. The minimum atomic E-state index is 0.473. The molecule has 1 aromatic rings. The molecule has 0 saturated carbocycles. The highest BCUT2D eigenvalue weighted by atomic mass is 32.2. The Morgan fingerprint density at radius 3 is 2.80 bits per heavy atom. The molecule has 2 N–H and O–H groups in total. The average molecular weight is 155 g/mol. The van der Waals surface area contributed by atoms with Crippen LogP contribution in [0.3, 0.4) is 0 Å². The molecule has 0 aliphatic rings. The summed E-state index contributed by atoms with van der Waals surface area (Å²) in [6.07, 6.45) is 0. The first-order valence-electron chi connectivity index (χ1n) is 3.05. The van der Waals surface area contributed by atoms with Crippen LogP contribution in [0.25, 0.3) is 0 Å². The summed E-state index contributed by atoms with van der Waals surface area (Å²) >= 11 is 1.65. The fraction of sp³-hybridized carbons (Fsp3) is 0.333. The molecule has 3 nitrogen and oxygen atoms in total. The first kappa shape index (κ1) is 7.34. The number of nitrogen functional groups attached to an aromatic ring is 1. The molecule has 0 aromatic carbocycles. The topological polar surface area (TPSA) is 51.8 Å². The molecule has 10 heavy (non-hydrogen) atoms. The fourth-order valence-corrected chi connectivity index (χ4v) is 1.11. The molecule has 0 aliphatic heterocycles. The van der Waals surface area contributed by atoms with Gasteiger partial charge in [-0.1, -0.05) is 6.92 Å². The maximum Gasteiger partial charge on any atom is 0.146 e. The third-order valence-corrected chi connectivity index (χ3v) is 1.76. The van der Waals surface area contributed by atoms with Gasteiger partial charge in [-0.15, -0.1) is 22.0 Å². The SMILES string of the molecule is CCSc1ccc(N)nn1. The predicted molar refractivity (Wildman–Crippen MR) is 42.8 cm³/mol. The second kappa shape index (κ2) is 3.41. The zero-order chi connectivity index (χ0) is 7.40. The minimum Gasteiger partial charge on any atom is -0.382 e. The molecule has 0 atom stereocenters. The smallest absolute Gasteiger partial charge is 0.146 e. The monoisotopic (exact) mass is 155 g/mol. The minimum absolute atomic E-state index is 0.473. The quantitative estimate of drug-likeness (QED) is 0.651. The van der Waals surface area contributed by atoms with E-state index >= 15 is 0 Å². The summed E-state index contributed by atoms with van der Waals surface area (Å²) in [5.74, 6) is 1.49. The molecule has 1 aromatic heterocycles. The lowest BCUT2D eigenvalue weighted by molar-refractivity contribution is 0.939. The summed E-state index contributed by atoms with van der Waals surface area (Å²) < 4.78 is 0. The van der Waals surface area contributed by atoms with Gasteiger partial charge in [-0.3, -0.25) is 0 Å². The molecule has 0 aliphatic carbocycles. The van der Waals surface area contributed by atoms with E-state index in [-0.39, 0.29) is 0 Å². The van der Waals surface area contributed by atoms with E-state index in [9.17, 15) is 0 Å². The molecule has 1 heterocycles. The lowest BCUT2D eigenvalue weighted by atomic mass is 10.5. The Bertz CT molecular complexity index is 197. The van der Waals surface area contributed by atoms with Gasteiger partial charge in [-0.05, 0) is 17.9 Å². The van der Waals surface area contributed by atoms with E-state index < -0.39 is 0 Å². The zero-order valence-corrected chi connectivity index (χ0v) is 6.56. The van der Waals surface area contributed by atoms with Crippen LogP contribution in [0.2, 0.25) is 0 Å². The molecule has 0 unspecified atom stereocenters. The van der Waals surface area contributed by atoms with Gasteiger partial charge in [0.15, 0.2) is 0 Å². The van der Waals surface area contributed by atoms with E-state index in [4.69, 9.17) is 5.73 Å². The van der Waals surface area contributed by atoms with Crippen molar-refractivity contribution in [3.63, 3.8) is 0 Å². The number of nitrogens with zero attached hydrogens (tertiary/aromatic N) is 2. The maximum absolute atomic E-state index is 5.34. The highest BCUT2D eigenvalue weighted by molar-refractivity contribution is 7.99. The van der Waals surface area contributed by atoms with Gasteiger partial charge in [0, 0.05) is 0 Å². The van der Waals surface area contributed by atoms with E-state index in [1.54, 1.807) is 17.8 Å². The predicted octanol–water partition coefficient (Wildman–Crippen LogP) is 1.17. The van der Waals surface area contributed by atoms with Crippen molar-refractivity contribution in [1.82, 2.24) is 10.2 Å². The molecule has 0 radical (unpaired) electrons. The second-order valence-electron chi connectivity index (χ2n) is 1.73. The Hall–Kier alpha value is -0.770. The summed E-state index contributed by atoms with van der Waals surface area (Å²) in [6.45, 7) is 2.07. The van der Waals surface area contributed by atoms with E-state index in [0.29, 0.717) is 5.82 Å². The van der Waals surface area contributed by atoms with Crippen molar-refractivity contribution in [3.05, 3.63) is 12.1 Å². The highest BCUT2D eigenvalue weighted by Gasteiger charge is 1.91. The van der Waals surface area contributed by atoms with Crippen LogP contribution >= 0.6 is 11.8 Å². The van der Waals surface area contributed by atoms with Crippen LogP contribution < -0.4 is 5.73 Å². The number of anilines is 1. The highest BCUT2D eigenvalue weighted by Crippen LogP contribution is 2.12. The number of hydrogen-bond acceptors (Lipinski definition) is 4. The standard InChI is InChI=1S/C6H9N3S/c1-2-10-6-4-3-5(7)8-9-6/h3-4H,2H2,1H3,(H2,7,8). The van der Waals surface area contributed by atoms with Crippen molar-refractivity contribution < 1.29 is 0 Å². The van der Waals surface area contributed by atoms with Crippen LogP contribution in [0.15, 0.2) is 17.2 Å². The summed E-state index contributed by atoms with van der Waals surface area (Å²) in [5, 5.41) is 8.49. The molecule has 0 fully saturated rings. The fourth-order valence-electron chi connectivity index (χ4n) is 0.555.